The minimum atomic E-state index is -4.71. The van der Waals surface area contributed by atoms with Gasteiger partial charge >= 0.3 is 6.36 Å². The van der Waals surface area contributed by atoms with Crippen molar-refractivity contribution in [1.82, 2.24) is 0 Å². The van der Waals surface area contributed by atoms with E-state index in [0.717, 1.165) is 28.0 Å². The molecule has 0 saturated heterocycles. The second kappa shape index (κ2) is 10.4. The van der Waals surface area contributed by atoms with Gasteiger partial charge in [-0.15, -0.1) is 13.2 Å². The molecule has 0 fully saturated rings. The fourth-order valence-corrected chi connectivity index (χ4v) is 4.55. The van der Waals surface area contributed by atoms with Gasteiger partial charge in [0.05, 0.1) is 0 Å². The van der Waals surface area contributed by atoms with Crippen molar-refractivity contribution in [3.63, 3.8) is 0 Å². The molecule has 0 heterocycles. The second-order valence-electron chi connectivity index (χ2n) is 11.9. The fourth-order valence-electron chi connectivity index (χ4n) is 3.51. The van der Waals surface area contributed by atoms with Crippen molar-refractivity contribution in [2.24, 2.45) is 0 Å². The molecule has 37 heavy (non-hydrogen) atoms. The van der Waals surface area contributed by atoms with Crippen LogP contribution in [0.2, 0.25) is 18.1 Å². The van der Waals surface area contributed by atoms with E-state index >= 15 is 0 Å². The minimum absolute atomic E-state index is 0.0315. The Morgan fingerprint density at radius 1 is 0.703 bits per heavy atom. The maximum Gasteiger partial charge on any atom is 0.573 e. The normalized spacial score (nSPS) is 13.2. The molecule has 3 aromatic carbocycles. The van der Waals surface area contributed by atoms with E-state index in [-0.39, 0.29) is 16.2 Å². The Bertz CT molecular complexity index is 1230. The average Bonchev–Trinajstić information content (AvgIpc) is 2.76. The molecule has 0 N–H and O–H groups in total. The van der Waals surface area contributed by atoms with Crippen LogP contribution >= 0.6 is 0 Å². The smallest absolute Gasteiger partial charge is 0.543 e. The molecule has 198 valence electrons. The zero-order chi connectivity index (χ0) is 27.6. The summed E-state index contributed by atoms with van der Waals surface area (Å²) < 4.78 is 48.3. The SMILES string of the molecule is CC(C)(C)c1ccc(/C=C/c2cc(-c3ccc(OC(F)(F)F)cc3)ccc2O[Si](C)(C)C(C)(C)C)cc1. The van der Waals surface area contributed by atoms with Crippen LogP contribution in [-0.4, -0.2) is 14.7 Å². The number of rotatable bonds is 6. The summed E-state index contributed by atoms with van der Waals surface area (Å²) in [5.41, 5.74) is 5.01. The van der Waals surface area contributed by atoms with Crippen molar-refractivity contribution in [2.75, 3.05) is 0 Å². The third kappa shape index (κ3) is 7.75. The van der Waals surface area contributed by atoms with Crippen molar-refractivity contribution >= 4 is 20.5 Å². The van der Waals surface area contributed by atoms with Gasteiger partial charge in [0.2, 0.25) is 0 Å². The Kier molecular flexibility index (Phi) is 8.04. The molecule has 0 aliphatic heterocycles. The highest BCUT2D eigenvalue weighted by Crippen LogP contribution is 2.39. The van der Waals surface area contributed by atoms with E-state index in [4.69, 9.17) is 4.43 Å². The molecule has 3 aromatic rings. The topological polar surface area (TPSA) is 18.5 Å². The molecule has 0 spiro atoms. The van der Waals surface area contributed by atoms with Crippen molar-refractivity contribution < 1.29 is 22.3 Å². The van der Waals surface area contributed by atoms with Crippen molar-refractivity contribution in [3.8, 4) is 22.6 Å². The zero-order valence-electron chi connectivity index (χ0n) is 23.0. The molecular weight excluding hydrogens is 489 g/mol. The standard InChI is InChI=1S/C31H37F3O2Si/c1-29(2,3)26-16-10-22(11-17-26)9-12-25-21-24(15-20-28(25)36-37(7,8)30(4,5)6)23-13-18-27(19-14-23)35-31(32,33)34/h9-21H,1-8H3/b12-9+. The van der Waals surface area contributed by atoms with Gasteiger partial charge in [-0.25, -0.2) is 0 Å². The summed E-state index contributed by atoms with van der Waals surface area (Å²) in [5, 5.41) is 0.0315. The molecule has 0 amide bonds. The molecule has 0 saturated carbocycles. The molecule has 0 bridgehead atoms. The zero-order valence-corrected chi connectivity index (χ0v) is 24.0. The predicted octanol–water partition coefficient (Wildman–Crippen LogP) is 10.1. The number of benzene rings is 3. The summed E-state index contributed by atoms with van der Waals surface area (Å²) in [7, 11) is -2.10. The maximum atomic E-state index is 12.5. The van der Waals surface area contributed by atoms with Crippen LogP contribution in [0.4, 0.5) is 13.2 Å². The van der Waals surface area contributed by atoms with Gasteiger partial charge in [-0.05, 0) is 70.1 Å². The van der Waals surface area contributed by atoms with Crippen molar-refractivity contribution in [3.05, 3.63) is 83.4 Å². The third-order valence-electron chi connectivity index (χ3n) is 6.83. The molecule has 0 unspecified atom stereocenters. The molecule has 0 aromatic heterocycles. The van der Waals surface area contributed by atoms with Crippen LogP contribution in [-0.2, 0) is 5.41 Å². The summed E-state index contributed by atoms with van der Waals surface area (Å²) >= 11 is 0. The lowest BCUT2D eigenvalue weighted by atomic mass is 9.87. The van der Waals surface area contributed by atoms with Gasteiger partial charge in [-0.2, -0.15) is 0 Å². The highest BCUT2D eigenvalue weighted by molar-refractivity contribution is 6.74. The quantitative estimate of drug-likeness (QED) is 0.235. The molecule has 0 aliphatic rings. The van der Waals surface area contributed by atoms with Crippen LogP contribution in [0.5, 0.6) is 11.5 Å². The predicted molar refractivity (Wildman–Crippen MR) is 150 cm³/mol. The minimum Gasteiger partial charge on any atom is -0.543 e. The molecule has 0 atom stereocenters. The second-order valence-corrected chi connectivity index (χ2v) is 16.6. The van der Waals surface area contributed by atoms with E-state index < -0.39 is 14.7 Å². The number of ether oxygens (including phenoxy) is 1. The third-order valence-corrected chi connectivity index (χ3v) is 11.2. The molecule has 0 aliphatic carbocycles. The highest BCUT2D eigenvalue weighted by atomic mass is 28.4. The van der Waals surface area contributed by atoms with Crippen LogP contribution in [0.1, 0.15) is 58.2 Å². The van der Waals surface area contributed by atoms with E-state index in [1.165, 1.54) is 17.7 Å². The Morgan fingerprint density at radius 3 is 1.78 bits per heavy atom. The average molecular weight is 527 g/mol. The lowest BCUT2D eigenvalue weighted by Crippen LogP contribution is -2.44. The Hall–Kier alpha value is -2.99. The van der Waals surface area contributed by atoms with E-state index in [9.17, 15) is 13.2 Å². The summed E-state index contributed by atoms with van der Waals surface area (Å²) in [6.45, 7) is 17.6. The van der Waals surface area contributed by atoms with E-state index in [1.54, 1.807) is 12.1 Å². The van der Waals surface area contributed by atoms with Gasteiger partial charge < -0.3 is 9.16 Å². The van der Waals surface area contributed by atoms with Crippen molar-refractivity contribution in [2.45, 2.75) is 71.5 Å². The number of halogens is 3. The van der Waals surface area contributed by atoms with Gasteiger partial charge in [0.1, 0.15) is 11.5 Å². The van der Waals surface area contributed by atoms with Gasteiger partial charge in [-0.3, -0.25) is 0 Å². The lowest BCUT2D eigenvalue weighted by Gasteiger charge is -2.37. The Morgan fingerprint density at radius 2 is 1.27 bits per heavy atom. The molecule has 3 rings (SSSR count). The number of alkyl halides is 3. The van der Waals surface area contributed by atoms with Gasteiger partial charge in [0, 0.05) is 5.56 Å². The first-order chi connectivity index (χ1) is 16.9. The molecule has 0 radical (unpaired) electrons. The summed E-state index contributed by atoms with van der Waals surface area (Å²) in [5.74, 6) is 0.558. The fraction of sp³-hybridized carbons (Fsp3) is 0.355. The van der Waals surface area contributed by atoms with E-state index in [2.05, 4.69) is 89.7 Å². The first-order valence-corrected chi connectivity index (χ1v) is 15.3. The first-order valence-electron chi connectivity index (χ1n) is 12.4. The van der Waals surface area contributed by atoms with Gasteiger partial charge in [-0.1, -0.05) is 96.2 Å². The Balaban J connectivity index is 1.98. The van der Waals surface area contributed by atoms with Crippen LogP contribution < -0.4 is 9.16 Å². The van der Waals surface area contributed by atoms with Gasteiger partial charge in [0.25, 0.3) is 8.32 Å². The van der Waals surface area contributed by atoms with Crippen molar-refractivity contribution in [1.29, 1.82) is 0 Å². The highest BCUT2D eigenvalue weighted by Gasteiger charge is 2.39. The number of hydrogen-bond acceptors (Lipinski definition) is 2. The maximum absolute atomic E-state index is 12.5. The Labute approximate surface area is 220 Å². The van der Waals surface area contributed by atoms with E-state index in [1.807, 2.05) is 24.3 Å². The molecule has 2 nitrogen and oxygen atoms in total. The first kappa shape index (κ1) is 28.6. The summed E-state index contributed by atoms with van der Waals surface area (Å²) in [6, 6.07) is 20.3. The summed E-state index contributed by atoms with van der Waals surface area (Å²) in [4.78, 5) is 0. The van der Waals surface area contributed by atoms with Crippen LogP contribution in [0.3, 0.4) is 0 Å². The lowest BCUT2D eigenvalue weighted by molar-refractivity contribution is -0.274. The monoisotopic (exact) mass is 526 g/mol. The van der Waals surface area contributed by atoms with Gasteiger partial charge in [0.15, 0.2) is 0 Å². The summed E-state index contributed by atoms with van der Waals surface area (Å²) in [6.07, 6.45) is -0.614. The number of hydrogen-bond donors (Lipinski definition) is 0. The van der Waals surface area contributed by atoms with Crippen LogP contribution in [0.25, 0.3) is 23.3 Å². The molecule has 6 heteroatoms. The van der Waals surface area contributed by atoms with E-state index in [0.29, 0.717) is 0 Å². The molecular formula is C31H37F3O2Si. The van der Waals surface area contributed by atoms with Crippen LogP contribution in [0, 0.1) is 0 Å². The largest absolute Gasteiger partial charge is 0.573 e. The van der Waals surface area contributed by atoms with Crippen LogP contribution in [0.15, 0.2) is 66.7 Å².